The van der Waals surface area contributed by atoms with Gasteiger partial charge >= 0.3 is 0 Å². The summed E-state index contributed by atoms with van der Waals surface area (Å²) in [4.78, 5) is 0. The van der Waals surface area contributed by atoms with Gasteiger partial charge in [0.25, 0.3) is 0 Å². The van der Waals surface area contributed by atoms with Gasteiger partial charge < -0.3 is 0 Å². The highest BCUT2D eigenvalue weighted by Crippen LogP contribution is 2.69. The molecule has 0 saturated carbocycles. The molecule has 0 spiro atoms. The Kier molecular flexibility index (Phi) is 9.12. The predicted octanol–water partition coefficient (Wildman–Crippen LogP) is 7.71. The van der Waals surface area contributed by atoms with Gasteiger partial charge in [0.1, 0.15) is 16.3 Å². The first-order valence-corrected chi connectivity index (χ1v) is 13.2. The van der Waals surface area contributed by atoms with E-state index in [-0.39, 0.29) is 0 Å². The lowest BCUT2D eigenvalue weighted by molar-refractivity contribution is 0.444. The monoisotopic (exact) mass is 419 g/mol. The van der Waals surface area contributed by atoms with Gasteiger partial charge in [0.2, 0.25) is 7.49 Å². The minimum absolute atomic E-state index is 0.361. The van der Waals surface area contributed by atoms with Crippen molar-refractivity contribution in [3.05, 3.63) is 96.6 Å². The van der Waals surface area contributed by atoms with Gasteiger partial charge in [-0.25, -0.2) is 4.52 Å². The molecule has 0 bridgehead atoms. The van der Waals surface area contributed by atoms with E-state index >= 15 is 0 Å². The molecule has 0 fully saturated rings. The summed E-state index contributed by atoms with van der Waals surface area (Å²) in [7, 11) is -0.154. The second kappa shape index (κ2) is 12.0. The topological polar surface area (TPSA) is 9.23 Å². The Morgan fingerprint density at radius 3 is 1.60 bits per heavy atom. The maximum Gasteiger partial charge on any atom is 0.217 e. The maximum absolute atomic E-state index is 6.63. The van der Waals surface area contributed by atoms with Crippen molar-refractivity contribution in [3.8, 4) is 0 Å². The minimum Gasteiger partial charge on any atom is -0.230 e. The first-order chi connectivity index (χ1) is 14.8. The molecule has 2 heteroatoms. The predicted molar refractivity (Wildman–Crippen MR) is 133 cm³/mol. The molecule has 0 aliphatic rings. The molecule has 158 valence electrons. The fourth-order valence-corrected chi connectivity index (χ4v) is 8.56. The average molecular weight is 420 g/mol. The summed E-state index contributed by atoms with van der Waals surface area (Å²) in [5.74, 6) is 0. The highest BCUT2D eigenvalue weighted by Gasteiger charge is 2.52. The van der Waals surface area contributed by atoms with Crippen LogP contribution in [0, 0.1) is 0 Å². The maximum atomic E-state index is 6.63. The Hall–Kier alpha value is -1.95. The quantitative estimate of drug-likeness (QED) is 0.216. The summed E-state index contributed by atoms with van der Waals surface area (Å²) >= 11 is 0. The highest BCUT2D eigenvalue weighted by molar-refractivity contribution is 7.85. The van der Waals surface area contributed by atoms with Gasteiger partial charge in [-0.05, 0) is 42.7 Å². The Morgan fingerprint density at radius 1 is 0.633 bits per heavy atom. The molecule has 3 aromatic carbocycles. The first-order valence-electron chi connectivity index (χ1n) is 11.4. The van der Waals surface area contributed by atoms with Crippen LogP contribution in [0.4, 0.5) is 0 Å². The van der Waals surface area contributed by atoms with Gasteiger partial charge in [-0.15, -0.1) is 0 Å². The summed E-state index contributed by atoms with van der Waals surface area (Å²) in [6.07, 6.45) is 9.04. The van der Waals surface area contributed by atoms with Crippen LogP contribution in [0.2, 0.25) is 0 Å². The highest BCUT2D eigenvalue weighted by atomic mass is 31.2. The molecule has 1 unspecified atom stereocenters. The molecular weight excluding hydrogens is 383 g/mol. The third-order valence-corrected chi connectivity index (χ3v) is 10.2. The van der Waals surface area contributed by atoms with E-state index in [9.17, 15) is 0 Å². The third-order valence-electron chi connectivity index (χ3n) is 6.02. The zero-order valence-electron chi connectivity index (χ0n) is 18.5. The van der Waals surface area contributed by atoms with E-state index in [1.165, 1.54) is 54.7 Å². The van der Waals surface area contributed by atoms with E-state index in [4.69, 9.17) is 4.52 Å². The van der Waals surface area contributed by atoms with Gasteiger partial charge in [0.15, 0.2) is 0 Å². The van der Waals surface area contributed by atoms with Crippen molar-refractivity contribution in [3.63, 3.8) is 0 Å². The van der Waals surface area contributed by atoms with Crippen molar-refractivity contribution in [2.24, 2.45) is 0 Å². The van der Waals surface area contributed by atoms with Crippen molar-refractivity contribution in [2.45, 2.75) is 57.5 Å². The number of benzene rings is 3. The number of rotatable bonds is 12. The molecule has 0 aliphatic heterocycles. The molecule has 0 saturated heterocycles. The lowest BCUT2D eigenvalue weighted by Crippen LogP contribution is -2.28. The second-order valence-electron chi connectivity index (χ2n) is 7.99. The summed E-state index contributed by atoms with van der Waals surface area (Å²) < 4.78 is 6.63. The lowest BCUT2D eigenvalue weighted by atomic mass is 10.0. The number of hydrogen-bond donors (Lipinski definition) is 0. The minimum atomic E-state index is -2.08. The third kappa shape index (κ3) is 5.39. The van der Waals surface area contributed by atoms with Gasteiger partial charge in [0.05, 0.1) is 7.11 Å². The normalized spacial score (nSPS) is 12.6. The van der Waals surface area contributed by atoms with Gasteiger partial charge in [0, 0.05) is 0 Å². The zero-order chi connectivity index (χ0) is 21.1. The summed E-state index contributed by atoms with van der Waals surface area (Å²) in [6.45, 7) is 2.28. The Balaban J connectivity index is 2.01. The van der Waals surface area contributed by atoms with Crippen molar-refractivity contribution < 1.29 is 4.52 Å². The van der Waals surface area contributed by atoms with E-state index < -0.39 is 7.49 Å². The van der Waals surface area contributed by atoms with Crippen LogP contribution < -0.4 is 10.6 Å². The molecule has 0 radical (unpaired) electrons. The lowest BCUT2D eigenvalue weighted by Gasteiger charge is -2.32. The molecule has 0 heterocycles. The summed E-state index contributed by atoms with van der Waals surface area (Å²) in [6, 6.07) is 32.9. The van der Waals surface area contributed by atoms with E-state index in [1.54, 1.807) is 0 Å². The molecule has 30 heavy (non-hydrogen) atoms. The summed E-state index contributed by atoms with van der Waals surface area (Å²) in [5, 5.41) is 2.66. The average Bonchev–Trinajstić information content (AvgIpc) is 2.82. The largest absolute Gasteiger partial charge is 0.230 e. The van der Waals surface area contributed by atoms with Gasteiger partial charge in [-0.2, -0.15) is 0 Å². The molecular formula is C28H36OP+. The van der Waals surface area contributed by atoms with Gasteiger partial charge in [-0.3, -0.25) is 0 Å². The van der Waals surface area contributed by atoms with Crippen LogP contribution in [0.5, 0.6) is 0 Å². The van der Waals surface area contributed by atoms with E-state index in [1.807, 2.05) is 7.11 Å². The second-order valence-corrected chi connectivity index (χ2v) is 11.3. The first kappa shape index (κ1) is 22.7. The van der Waals surface area contributed by atoms with Crippen molar-refractivity contribution in [1.82, 2.24) is 0 Å². The Labute approximate surface area is 183 Å². The fourth-order valence-electron chi connectivity index (χ4n) is 4.50. The van der Waals surface area contributed by atoms with Crippen LogP contribution in [0.3, 0.4) is 0 Å². The Morgan fingerprint density at radius 2 is 1.10 bits per heavy atom. The van der Waals surface area contributed by atoms with E-state index in [0.29, 0.717) is 5.66 Å². The number of unbranched alkanes of at least 4 members (excludes halogenated alkanes) is 5. The smallest absolute Gasteiger partial charge is 0.217 e. The molecule has 0 amide bonds. The zero-order valence-corrected chi connectivity index (χ0v) is 19.4. The number of hydrogen-bond acceptors (Lipinski definition) is 1. The van der Waals surface area contributed by atoms with E-state index in [0.717, 1.165) is 6.42 Å². The molecule has 0 aliphatic carbocycles. The van der Waals surface area contributed by atoms with Crippen LogP contribution >= 0.6 is 7.49 Å². The van der Waals surface area contributed by atoms with Crippen LogP contribution in [-0.4, -0.2) is 7.11 Å². The van der Waals surface area contributed by atoms with E-state index in [2.05, 4.69) is 97.9 Å². The van der Waals surface area contributed by atoms with Crippen molar-refractivity contribution >= 4 is 18.1 Å². The fraction of sp³-hybridized carbons (Fsp3) is 0.357. The molecule has 0 N–H and O–H groups in total. The molecule has 1 atom stereocenters. The molecule has 3 rings (SSSR count). The SMILES string of the molecule is CCCCCCCCC(c1ccccc1)[P+](OC)(c1ccccc1)c1ccccc1. The van der Waals surface area contributed by atoms with Crippen LogP contribution in [0.25, 0.3) is 0 Å². The van der Waals surface area contributed by atoms with Gasteiger partial charge in [-0.1, -0.05) is 106 Å². The van der Waals surface area contributed by atoms with Crippen LogP contribution in [-0.2, 0) is 4.52 Å². The van der Waals surface area contributed by atoms with Crippen LogP contribution in [0.15, 0.2) is 91.0 Å². The van der Waals surface area contributed by atoms with Crippen molar-refractivity contribution in [1.29, 1.82) is 0 Å². The molecule has 1 nitrogen and oxygen atoms in total. The molecule has 3 aromatic rings. The Bertz CT molecular complexity index is 793. The standard InChI is InChI=1S/C28H36OP/c1-3-4-5-6-7-17-24-28(25-18-11-8-12-19-25)30(29-2,26-20-13-9-14-21-26)27-22-15-10-16-23-27/h8-16,18-23,28H,3-7,17,24H2,1-2H3/q+1. The van der Waals surface area contributed by atoms with Crippen LogP contribution in [0.1, 0.15) is 63.1 Å². The molecule has 0 aromatic heterocycles. The van der Waals surface area contributed by atoms with Crippen molar-refractivity contribution in [2.75, 3.05) is 7.11 Å². The summed E-state index contributed by atoms with van der Waals surface area (Å²) in [5.41, 5.74) is 1.76.